The molecule has 1 aromatic carbocycles. The molecule has 1 saturated carbocycles. The van der Waals surface area contributed by atoms with Gasteiger partial charge < -0.3 is 19.9 Å². The third-order valence-electron chi connectivity index (χ3n) is 5.14. The fourth-order valence-corrected chi connectivity index (χ4v) is 3.93. The molecule has 0 saturated heterocycles. The molecule has 2 unspecified atom stereocenters. The van der Waals surface area contributed by atoms with Crippen LogP contribution >= 0.6 is 0 Å². The van der Waals surface area contributed by atoms with Crippen LogP contribution in [0.3, 0.4) is 0 Å². The Bertz CT molecular complexity index is 511. The Hall–Kier alpha value is -1.26. The van der Waals surface area contributed by atoms with Gasteiger partial charge in [0.1, 0.15) is 11.5 Å². The molecule has 2 aliphatic carbocycles. The van der Waals surface area contributed by atoms with Gasteiger partial charge in [-0.05, 0) is 31.4 Å². The number of aliphatic hydroxyl groups excluding tert-OH is 1. The van der Waals surface area contributed by atoms with E-state index in [-0.39, 0.29) is 12.1 Å². The van der Waals surface area contributed by atoms with Crippen molar-refractivity contribution in [2.75, 3.05) is 14.2 Å². The van der Waals surface area contributed by atoms with Gasteiger partial charge in [0.15, 0.2) is 0 Å². The van der Waals surface area contributed by atoms with E-state index in [9.17, 15) is 5.11 Å². The van der Waals surface area contributed by atoms with Gasteiger partial charge in [-0.1, -0.05) is 19.3 Å². The second-order valence-electron chi connectivity index (χ2n) is 6.51. The summed E-state index contributed by atoms with van der Waals surface area (Å²) in [6.07, 6.45) is 7.46. The number of methoxy groups -OCH3 is 2. The Morgan fingerprint density at radius 3 is 2.14 bits per heavy atom. The Balaban J connectivity index is 1.80. The van der Waals surface area contributed by atoms with Crippen LogP contribution < -0.4 is 14.8 Å². The lowest BCUT2D eigenvalue weighted by Crippen LogP contribution is -2.50. The molecule has 4 heteroatoms. The van der Waals surface area contributed by atoms with E-state index < -0.39 is 0 Å². The van der Waals surface area contributed by atoms with Gasteiger partial charge in [0, 0.05) is 29.6 Å². The molecule has 1 fully saturated rings. The summed E-state index contributed by atoms with van der Waals surface area (Å²) in [5.74, 6) is 1.75. The maximum Gasteiger partial charge on any atom is 0.122 e. The standard InChI is InChI=1S/C18H27NO3/c1-21-17-8-9-18(22-2)14-11-16(20)15(10-13(14)17)19-12-6-4-3-5-7-12/h8-9,12,15-16,19-20H,3-7,10-11H2,1-2H3. The van der Waals surface area contributed by atoms with Crippen LogP contribution in [0.4, 0.5) is 0 Å². The summed E-state index contributed by atoms with van der Waals surface area (Å²) in [4.78, 5) is 0. The first-order valence-electron chi connectivity index (χ1n) is 8.39. The molecule has 0 amide bonds. The topological polar surface area (TPSA) is 50.7 Å². The number of aliphatic hydroxyl groups is 1. The summed E-state index contributed by atoms with van der Waals surface area (Å²) in [5, 5.41) is 14.3. The van der Waals surface area contributed by atoms with E-state index in [1.807, 2.05) is 12.1 Å². The molecule has 22 heavy (non-hydrogen) atoms. The highest BCUT2D eigenvalue weighted by molar-refractivity contribution is 5.51. The molecule has 2 aliphatic rings. The molecule has 2 atom stereocenters. The fraction of sp³-hybridized carbons (Fsp3) is 0.667. The molecule has 122 valence electrons. The van der Waals surface area contributed by atoms with Crippen molar-refractivity contribution < 1.29 is 14.6 Å². The van der Waals surface area contributed by atoms with Crippen molar-refractivity contribution in [1.29, 1.82) is 0 Å². The van der Waals surface area contributed by atoms with Crippen LogP contribution in [0.1, 0.15) is 43.2 Å². The van der Waals surface area contributed by atoms with E-state index in [1.54, 1.807) is 14.2 Å². The Kier molecular flexibility index (Phi) is 4.89. The maximum absolute atomic E-state index is 10.6. The molecule has 0 aromatic heterocycles. The van der Waals surface area contributed by atoms with Gasteiger partial charge >= 0.3 is 0 Å². The molecule has 3 rings (SSSR count). The van der Waals surface area contributed by atoms with Crippen LogP contribution in [0.15, 0.2) is 12.1 Å². The van der Waals surface area contributed by atoms with Crippen molar-refractivity contribution >= 4 is 0 Å². The van der Waals surface area contributed by atoms with Gasteiger partial charge in [-0.3, -0.25) is 0 Å². The summed E-state index contributed by atoms with van der Waals surface area (Å²) in [5.41, 5.74) is 2.27. The average molecular weight is 305 g/mol. The second-order valence-corrected chi connectivity index (χ2v) is 6.51. The summed E-state index contributed by atoms with van der Waals surface area (Å²) in [6, 6.07) is 4.55. The smallest absolute Gasteiger partial charge is 0.122 e. The highest BCUT2D eigenvalue weighted by atomic mass is 16.5. The lowest BCUT2D eigenvalue weighted by atomic mass is 9.83. The van der Waals surface area contributed by atoms with E-state index in [1.165, 1.54) is 37.7 Å². The van der Waals surface area contributed by atoms with Crippen LogP contribution in [0.2, 0.25) is 0 Å². The minimum absolute atomic E-state index is 0.108. The Morgan fingerprint density at radius 1 is 0.955 bits per heavy atom. The highest BCUT2D eigenvalue weighted by Gasteiger charge is 2.32. The first kappa shape index (κ1) is 15.6. The average Bonchev–Trinajstić information content (AvgIpc) is 2.55. The molecule has 0 radical (unpaired) electrons. The molecule has 1 aromatic rings. The van der Waals surface area contributed by atoms with Gasteiger partial charge in [0.05, 0.1) is 20.3 Å². The van der Waals surface area contributed by atoms with Crippen molar-refractivity contribution in [3.05, 3.63) is 23.3 Å². The van der Waals surface area contributed by atoms with E-state index in [0.29, 0.717) is 12.5 Å². The molecule has 4 nitrogen and oxygen atoms in total. The number of nitrogens with one attached hydrogen (secondary N) is 1. The van der Waals surface area contributed by atoms with E-state index >= 15 is 0 Å². The van der Waals surface area contributed by atoms with Crippen LogP contribution in [0, 0.1) is 0 Å². The number of ether oxygens (including phenoxy) is 2. The van der Waals surface area contributed by atoms with Crippen LogP contribution in [0.25, 0.3) is 0 Å². The second kappa shape index (κ2) is 6.88. The van der Waals surface area contributed by atoms with Crippen molar-refractivity contribution in [1.82, 2.24) is 5.32 Å². The molecule has 0 heterocycles. The number of fused-ring (bicyclic) bond motifs is 1. The van der Waals surface area contributed by atoms with Crippen LogP contribution in [0.5, 0.6) is 11.5 Å². The SMILES string of the molecule is COc1ccc(OC)c2c1CC(O)C(NC1CCCCC1)C2. The van der Waals surface area contributed by atoms with Crippen molar-refractivity contribution in [2.24, 2.45) is 0 Å². The summed E-state index contributed by atoms with van der Waals surface area (Å²) in [6.45, 7) is 0. The zero-order valence-corrected chi connectivity index (χ0v) is 13.6. The van der Waals surface area contributed by atoms with Crippen LogP contribution in [-0.4, -0.2) is 37.5 Å². The monoisotopic (exact) mass is 305 g/mol. The van der Waals surface area contributed by atoms with Crippen molar-refractivity contribution in [3.63, 3.8) is 0 Å². The largest absolute Gasteiger partial charge is 0.496 e. The van der Waals surface area contributed by atoms with Crippen molar-refractivity contribution in [3.8, 4) is 11.5 Å². The quantitative estimate of drug-likeness (QED) is 0.897. The van der Waals surface area contributed by atoms with Gasteiger partial charge in [-0.25, -0.2) is 0 Å². The minimum Gasteiger partial charge on any atom is -0.496 e. The lowest BCUT2D eigenvalue weighted by Gasteiger charge is -2.36. The highest BCUT2D eigenvalue weighted by Crippen LogP contribution is 2.36. The first-order valence-corrected chi connectivity index (χ1v) is 8.39. The first-order chi connectivity index (χ1) is 10.7. The Labute approximate surface area is 132 Å². The normalized spacial score (nSPS) is 25.6. The summed E-state index contributed by atoms with van der Waals surface area (Å²) < 4.78 is 11.0. The molecule has 0 spiro atoms. The molecular weight excluding hydrogens is 278 g/mol. The zero-order valence-electron chi connectivity index (χ0n) is 13.6. The predicted octanol–water partition coefficient (Wildman–Crippen LogP) is 2.45. The fourth-order valence-electron chi connectivity index (χ4n) is 3.93. The van der Waals surface area contributed by atoms with E-state index in [4.69, 9.17) is 9.47 Å². The Morgan fingerprint density at radius 2 is 1.55 bits per heavy atom. The molecule has 2 N–H and O–H groups in total. The number of benzene rings is 1. The van der Waals surface area contributed by atoms with Crippen molar-refractivity contribution in [2.45, 2.75) is 63.1 Å². The molecule has 0 aliphatic heterocycles. The van der Waals surface area contributed by atoms with E-state index in [2.05, 4.69) is 5.32 Å². The molecule has 0 bridgehead atoms. The summed E-state index contributed by atoms with van der Waals surface area (Å²) in [7, 11) is 3.39. The summed E-state index contributed by atoms with van der Waals surface area (Å²) >= 11 is 0. The van der Waals surface area contributed by atoms with Crippen LogP contribution in [-0.2, 0) is 12.8 Å². The van der Waals surface area contributed by atoms with Gasteiger partial charge in [0.25, 0.3) is 0 Å². The lowest BCUT2D eigenvalue weighted by molar-refractivity contribution is 0.107. The number of hydrogen-bond acceptors (Lipinski definition) is 4. The predicted molar refractivity (Wildman–Crippen MR) is 86.8 cm³/mol. The number of rotatable bonds is 4. The minimum atomic E-state index is -0.365. The van der Waals surface area contributed by atoms with Gasteiger partial charge in [0.2, 0.25) is 0 Å². The maximum atomic E-state index is 10.6. The third-order valence-corrected chi connectivity index (χ3v) is 5.14. The molecular formula is C18H27NO3. The van der Waals surface area contributed by atoms with Gasteiger partial charge in [-0.2, -0.15) is 0 Å². The number of hydrogen-bond donors (Lipinski definition) is 2. The van der Waals surface area contributed by atoms with Gasteiger partial charge in [-0.15, -0.1) is 0 Å². The third kappa shape index (κ3) is 3.08. The van der Waals surface area contributed by atoms with E-state index in [0.717, 1.165) is 23.5 Å². The zero-order chi connectivity index (χ0) is 15.5.